The molecule has 4 rings (SSSR count). The summed E-state index contributed by atoms with van der Waals surface area (Å²) in [6.07, 6.45) is 0. The molecule has 0 bridgehead atoms. The second-order valence-electron chi connectivity index (χ2n) is 9.04. The predicted octanol–water partition coefficient (Wildman–Crippen LogP) is 2.38. The summed E-state index contributed by atoms with van der Waals surface area (Å²) in [5.41, 5.74) is 8.28. The van der Waals surface area contributed by atoms with Crippen molar-refractivity contribution in [3.05, 3.63) is 65.0 Å². The Hall–Kier alpha value is -4.91. The van der Waals surface area contributed by atoms with Gasteiger partial charge in [0, 0.05) is 30.8 Å². The minimum absolute atomic E-state index is 0.222. The summed E-state index contributed by atoms with van der Waals surface area (Å²) in [6.45, 7) is 5.28. The van der Waals surface area contributed by atoms with E-state index in [-0.39, 0.29) is 49.6 Å². The standard InChI is InChI=1S/C28H33N7O6/c1-5-35-22(13-17(2)33-35)27(38)32-28-31-21-15-19(25(29)36)16-23(40-4)24(21)34(28)10-12-41-11-9-30-26(37)18-7-6-8-20(14-18)39-3/h6-8,13-16H,5,9-12H2,1-4H3,(H2,29,36)(H,30,37)(H,31,32,38). The molecular formula is C28H33N7O6. The van der Waals surface area contributed by atoms with Gasteiger partial charge < -0.3 is 29.8 Å². The Morgan fingerprint density at radius 3 is 2.51 bits per heavy atom. The normalized spacial score (nSPS) is 10.9. The molecule has 3 amide bonds. The number of methoxy groups -OCH3 is 2. The van der Waals surface area contributed by atoms with Crippen LogP contribution in [0.1, 0.15) is 43.8 Å². The van der Waals surface area contributed by atoms with Gasteiger partial charge in [0.1, 0.15) is 22.7 Å². The maximum absolute atomic E-state index is 13.2. The van der Waals surface area contributed by atoms with Gasteiger partial charge in [0.05, 0.1) is 38.6 Å². The number of carbonyl (C=O) groups is 3. The third-order valence-electron chi connectivity index (χ3n) is 6.29. The van der Waals surface area contributed by atoms with E-state index in [1.54, 1.807) is 52.8 Å². The lowest BCUT2D eigenvalue weighted by molar-refractivity contribution is 0.0908. The Balaban J connectivity index is 1.49. The van der Waals surface area contributed by atoms with Crippen LogP contribution in [0.4, 0.5) is 5.95 Å². The first-order valence-corrected chi connectivity index (χ1v) is 13.0. The van der Waals surface area contributed by atoms with Gasteiger partial charge >= 0.3 is 0 Å². The van der Waals surface area contributed by atoms with Gasteiger partial charge in [-0.15, -0.1) is 0 Å². The average Bonchev–Trinajstić information content (AvgIpc) is 3.53. The monoisotopic (exact) mass is 563 g/mol. The molecule has 2 aromatic heterocycles. The first-order chi connectivity index (χ1) is 19.7. The number of nitrogens with zero attached hydrogens (tertiary/aromatic N) is 4. The number of anilines is 1. The van der Waals surface area contributed by atoms with Crippen molar-refractivity contribution in [2.45, 2.75) is 26.9 Å². The van der Waals surface area contributed by atoms with Crippen molar-refractivity contribution < 1.29 is 28.6 Å². The Bertz CT molecular complexity index is 1580. The van der Waals surface area contributed by atoms with Gasteiger partial charge in [0.15, 0.2) is 0 Å². The molecule has 0 fully saturated rings. The van der Waals surface area contributed by atoms with Crippen molar-refractivity contribution in [1.82, 2.24) is 24.6 Å². The van der Waals surface area contributed by atoms with Crippen molar-refractivity contribution in [2.24, 2.45) is 5.73 Å². The van der Waals surface area contributed by atoms with Crippen LogP contribution < -0.4 is 25.8 Å². The number of nitrogens with two attached hydrogens (primary N) is 1. The molecule has 0 aliphatic carbocycles. The molecule has 2 heterocycles. The molecule has 0 saturated carbocycles. The van der Waals surface area contributed by atoms with E-state index in [0.717, 1.165) is 0 Å². The summed E-state index contributed by atoms with van der Waals surface area (Å²) in [5.74, 6) is -0.0661. The zero-order valence-corrected chi connectivity index (χ0v) is 23.4. The number of amides is 3. The molecule has 13 heteroatoms. The smallest absolute Gasteiger partial charge is 0.276 e. The maximum atomic E-state index is 13.2. The molecule has 0 radical (unpaired) electrons. The number of ether oxygens (including phenoxy) is 3. The van der Waals surface area contributed by atoms with E-state index < -0.39 is 5.91 Å². The van der Waals surface area contributed by atoms with Gasteiger partial charge in [0.2, 0.25) is 11.9 Å². The largest absolute Gasteiger partial charge is 0.497 e. The minimum atomic E-state index is -0.632. The number of carbonyl (C=O) groups excluding carboxylic acids is 3. The molecule has 0 unspecified atom stereocenters. The van der Waals surface area contributed by atoms with Crippen molar-refractivity contribution in [3.8, 4) is 11.5 Å². The fraction of sp³-hybridized carbons (Fsp3) is 0.321. The minimum Gasteiger partial charge on any atom is -0.497 e. The van der Waals surface area contributed by atoms with Gasteiger partial charge in [-0.1, -0.05) is 6.07 Å². The van der Waals surface area contributed by atoms with Crippen LogP contribution in [-0.2, 0) is 17.8 Å². The molecule has 4 aromatic rings. The van der Waals surface area contributed by atoms with E-state index in [1.165, 1.54) is 13.2 Å². The van der Waals surface area contributed by atoms with E-state index >= 15 is 0 Å². The fourth-order valence-electron chi connectivity index (χ4n) is 4.34. The molecule has 2 aromatic carbocycles. The number of hydrogen-bond acceptors (Lipinski definition) is 8. The predicted molar refractivity (Wildman–Crippen MR) is 152 cm³/mol. The quantitative estimate of drug-likeness (QED) is 0.209. The zero-order valence-electron chi connectivity index (χ0n) is 23.4. The molecule has 41 heavy (non-hydrogen) atoms. The third-order valence-corrected chi connectivity index (χ3v) is 6.29. The van der Waals surface area contributed by atoms with E-state index in [4.69, 9.17) is 19.9 Å². The van der Waals surface area contributed by atoms with E-state index in [1.807, 2.05) is 13.8 Å². The highest BCUT2D eigenvalue weighted by Gasteiger charge is 2.21. The highest BCUT2D eigenvalue weighted by atomic mass is 16.5. The summed E-state index contributed by atoms with van der Waals surface area (Å²) in [5, 5.41) is 10.0. The number of rotatable bonds is 13. The van der Waals surface area contributed by atoms with Crippen LogP contribution in [-0.4, -0.2) is 71.0 Å². The van der Waals surface area contributed by atoms with Gasteiger partial charge in [-0.25, -0.2) is 4.98 Å². The zero-order chi connectivity index (χ0) is 29.5. The second kappa shape index (κ2) is 13.0. The number of primary amides is 1. The maximum Gasteiger partial charge on any atom is 0.276 e. The number of imidazole rings is 1. The first kappa shape index (κ1) is 29.1. The number of benzene rings is 2. The highest BCUT2D eigenvalue weighted by molar-refractivity contribution is 6.04. The van der Waals surface area contributed by atoms with Crippen LogP contribution in [0.3, 0.4) is 0 Å². The van der Waals surface area contributed by atoms with Crippen molar-refractivity contribution in [3.63, 3.8) is 0 Å². The van der Waals surface area contributed by atoms with Gasteiger partial charge in [0.25, 0.3) is 11.8 Å². The Morgan fingerprint density at radius 1 is 1.00 bits per heavy atom. The van der Waals surface area contributed by atoms with Crippen LogP contribution in [0.15, 0.2) is 42.5 Å². The Morgan fingerprint density at radius 2 is 1.80 bits per heavy atom. The molecule has 0 spiro atoms. The average molecular weight is 564 g/mol. The molecule has 4 N–H and O–H groups in total. The molecule has 216 valence electrons. The van der Waals surface area contributed by atoms with Gasteiger partial charge in [-0.2, -0.15) is 5.10 Å². The van der Waals surface area contributed by atoms with Crippen molar-refractivity contribution in [1.29, 1.82) is 0 Å². The molecule has 0 saturated heterocycles. The Kier molecular flexibility index (Phi) is 9.19. The van der Waals surface area contributed by atoms with E-state index in [9.17, 15) is 14.4 Å². The topological polar surface area (TPSA) is 165 Å². The number of fused-ring (bicyclic) bond motifs is 1. The van der Waals surface area contributed by atoms with Crippen LogP contribution in [0.25, 0.3) is 11.0 Å². The van der Waals surface area contributed by atoms with Crippen LogP contribution >= 0.6 is 0 Å². The van der Waals surface area contributed by atoms with Crippen LogP contribution in [0, 0.1) is 6.92 Å². The summed E-state index contributed by atoms with van der Waals surface area (Å²) < 4.78 is 19.8. The lowest BCUT2D eigenvalue weighted by atomic mass is 10.1. The summed E-state index contributed by atoms with van der Waals surface area (Å²) >= 11 is 0. The van der Waals surface area contributed by atoms with Crippen molar-refractivity contribution in [2.75, 3.05) is 39.3 Å². The summed E-state index contributed by atoms with van der Waals surface area (Å²) in [7, 11) is 3.01. The molecule has 0 aliphatic rings. The Labute approximate surface area is 236 Å². The number of hydrogen-bond donors (Lipinski definition) is 3. The van der Waals surface area contributed by atoms with Crippen LogP contribution in [0.5, 0.6) is 11.5 Å². The van der Waals surface area contributed by atoms with Crippen molar-refractivity contribution >= 4 is 34.7 Å². The third kappa shape index (κ3) is 6.64. The molecule has 0 aliphatic heterocycles. The lowest BCUT2D eigenvalue weighted by Gasteiger charge is -2.13. The van der Waals surface area contributed by atoms with Gasteiger partial charge in [-0.3, -0.25) is 24.4 Å². The molecule has 13 nitrogen and oxygen atoms in total. The number of nitrogens with one attached hydrogen (secondary N) is 2. The molecular weight excluding hydrogens is 530 g/mol. The van der Waals surface area contributed by atoms with E-state index in [0.29, 0.717) is 46.0 Å². The SMILES string of the molecule is CCn1nc(C)cc1C(=O)Nc1nc2cc(C(N)=O)cc(OC)c2n1CCOCCNC(=O)c1cccc(OC)c1. The van der Waals surface area contributed by atoms with Crippen LogP contribution in [0.2, 0.25) is 0 Å². The van der Waals surface area contributed by atoms with Gasteiger partial charge in [-0.05, 0) is 50.2 Å². The highest BCUT2D eigenvalue weighted by Crippen LogP contribution is 2.31. The second-order valence-corrected chi connectivity index (χ2v) is 9.04. The number of aryl methyl sites for hydroxylation is 2. The van der Waals surface area contributed by atoms with E-state index in [2.05, 4.69) is 20.7 Å². The number of aromatic nitrogens is 4. The fourth-order valence-corrected chi connectivity index (χ4v) is 4.34. The lowest BCUT2D eigenvalue weighted by Crippen LogP contribution is -2.27. The first-order valence-electron chi connectivity index (χ1n) is 13.0. The summed E-state index contributed by atoms with van der Waals surface area (Å²) in [6, 6.07) is 11.6. The molecule has 0 atom stereocenters. The summed E-state index contributed by atoms with van der Waals surface area (Å²) in [4.78, 5) is 42.0.